The molecule has 6 heteroatoms. The first-order valence-corrected chi connectivity index (χ1v) is 5.41. The Balaban J connectivity index is 2.68. The highest BCUT2D eigenvalue weighted by Crippen LogP contribution is 2.24. The third-order valence-electron chi connectivity index (χ3n) is 3.05. The maximum Gasteiger partial charge on any atom is 0.140 e. The molecule has 96 valence electrons. The van der Waals surface area contributed by atoms with Crippen LogP contribution in [0.15, 0.2) is 0 Å². The molecule has 0 aromatic carbocycles. The Hall–Kier alpha value is -0.240. The summed E-state index contributed by atoms with van der Waals surface area (Å²) >= 11 is 0. The molecule has 0 radical (unpaired) electrons. The molecule has 1 fully saturated rings. The van der Waals surface area contributed by atoms with Crippen molar-refractivity contribution in [2.45, 2.75) is 24.4 Å². The number of aliphatic hydroxyl groups is 2. The van der Waals surface area contributed by atoms with Crippen molar-refractivity contribution in [3.8, 4) is 0 Å². The zero-order chi connectivity index (χ0) is 12.1. The molecule has 1 heterocycles. The predicted octanol–water partition coefficient (Wildman–Crippen LogP) is -2.37. The average Bonchev–Trinajstić information content (AvgIpc) is 2.29. The Morgan fingerprint density at radius 2 is 1.81 bits per heavy atom. The first-order chi connectivity index (χ1) is 7.65. The van der Waals surface area contributed by atoms with E-state index in [0.717, 1.165) is 0 Å². The molecule has 0 spiro atoms. The second-order valence-corrected chi connectivity index (χ2v) is 4.12. The van der Waals surface area contributed by atoms with E-state index in [1.807, 2.05) is 0 Å². The minimum Gasteiger partial charge on any atom is -0.394 e. The highest BCUT2D eigenvalue weighted by molar-refractivity contribution is 4.91. The molecule has 0 aromatic heterocycles. The summed E-state index contributed by atoms with van der Waals surface area (Å²) in [6, 6.07) is -0.275. The van der Waals surface area contributed by atoms with Crippen molar-refractivity contribution in [3.63, 3.8) is 0 Å². The molecule has 0 bridgehead atoms. The summed E-state index contributed by atoms with van der Waals surface area (Å²) in [5.41, 5.74) is 3.89. The summed E-state index contributed by atoms with van der Waals surface area (Å²) in [4.78, 5) is 0. The van der Waals surface area contributed by atoms with E-state index < -0.39 is 12.2 Å². The van der Waals surface area contributed by atoms with Crippen molar-refractivity contribution in [1.82, 2.24) is 0 Å². The van der Waals surface area contributed by atoms with Crippen LogP contribution in [0.1, 0.15) is 0 Å². The first-order valence-electron chi connectivity index (χ1n) is 5.41. The van der Waals surface area contributed by atoms with Crippen molar-refractivity contribution < 1.29 is 30.2 Å². The predicted molar refractivity (Wildman–Crippen MR) is 55.7 cm³/mol. The van der Waals surface area contributed by atoms with Gasteiger partial charge < -0.3 is 30.2 Å². The van der Waals surface area contributed by atoms with Gasteiger partial charge in [0.2, 0.25) is 0 Å². The molecule has 0 aliphatic carbocycles. The molecule has 0 aromatic rings. The first kappa shape index (κ1) is 13.8. The monoisotopic (exact) mass is 236 g/mol. The van der Waals surface area contributed by atoms with Crippen LogP contribution in [0.25, 0.3) is 0 Å². The van der Waals surface area contributed by atoms with Gasteiger partial charge in [0, 0.05) is 20.1 Å². The lowest BCUT2D eigenvalue weighted by Crippen LogP contribution is -2.77. The minimum absolute atomic E-state index is 0.141. The van der Waals surface area contributed by atoms with Crippen LogP contribution in [-0.2, 0) is 14.2 Å². The summed E-state index contributed by atoms with van der Waals surface area (Å²) in [6.45, 7) is 0.567. The van der Waals surface area contributed by atoms with Crippen LogP contribution >= 0.6 is 0 Å². The fourth-order valence-electron chi connectivity index (χ4n) is 2.09. The van der Waals surface area contributed by atoms with Gasteiger partial charge in [0.15, 0.2) is 0 Å². The van der Waals surface area contributed by atoms with E-state index in [0.29, 0.717) is 13.2 Å². The van der Waals surface area contributed by atoms with Gasteiger partial charge in [0.1, 0.15) is 18.2 Å². The smallest absolute Gasteiger partial charge is 0.140 e. The summed E-state index contributed by atoms with van der Waals surface area (Å²) < 4.78 is 15.7. The van der Waals surface area contributed by atoms with Crippen LogP contribution in [0.3, 0.4) is 0 Å². The maximum absolute atomic E-state index is 10.1. The van der Waals surface area contributed by atoms with E-state index in [4.69, 9.17) is 14.2 Å². The molecule has 16 heavy (non-hydrogen) atoms. The SMILES string of the molecule is COCC1OC(CO)C(COC)C(O)C1[NH3+]. The lowest BCUT2D eigenvalue weighted by molar-refractivity contribution is -0.477. The maximum atomic E-state index is 10.1. The van der Waals surface area contributed by atoms with Crippen LogP contribution in [0.2, 0.25) is 0 Å². The number of hydrogen-bond acceptors (Lipinski definition) is 5. The van der Waals surface area contributed by atoms with Crippen LogP contribution < -0.4 is 5.73 Å². The Bertz CT molecular complexity index is 202. The summed E-state index contributed by atoms with van der Waals surface area (Å²) in [6.07, 6.45) is -1.36. The molecular formula is C10H22NO5+. The Labute approximate surface area is 95.3 Å². The van der Waals surface area contributed by atoms with Crippen LogP contribution in [0, 0.1) is 5.92 Å². The van der Waals surface area contributed by atoms with Crippen molar-refractivity contribution in [2.75, 3.05) is 34.0 Å². The van der Waals surface area contributed by atoms with Crippen molar-refractivity contribution >= 4 is 0 Å². The number of ether oxygens (including phenoxy) is 3. The number of rotatable bonds is 5. The summed E-state index contributed by atoms with van der Waals surface area (Å²) in [5, 5.41) is 19.3. The van der Waals surface area contributed by atoms with Crippen molar-refractivity contribution in [3.05, 3.63) is 0 Å². The Morgan fingerprint density at radius 1 is 1.19 bits per heavy atom. The molecular weight excluding hydrogens is 214 g/mol. The largest absolute Gasteiger partial charge is 0.394 e. The molecule has 5 atom stereocenters. The van der Waals surface area contributed by atoms with Gasteiger partial charge in [-0.15, -0.1) is 0 Å². The van der Waals surface area contributed by atoms with Gasteiger partial charge in [0.25, 0.3) is 0 Å². The minimum atomic E-state index is -0.647. The molecule has 1 aliphatic rings. The Kier molecular flexibility index (Phi) is 5.60. The van der Waals surface area contributed by atoms with E-state index in [9.17, 15) is 10.2 Å². The molecule has 1 saturated heterocycles. The zero-order valence-corrected chi connectivity index (χ0v) is 9.83. The van der Waals surface area contributed by atoms with Crippen LogP contribution in [0.4, 0.5) is 0 Å². The number of methoxy groups -OCH3 is 2. The summed E-state index contributed by atoms with van der Waals surface area (Å²) in [5.74, 6) is -0.245. The number of hydrogen-bond donors (Lipinski definition) is 3. The standard InChI is InChI=1S/C10H21NO5/c1-14-4-6-7(3-12)16-8(5-15-2)9(11)10(6)13/h6-10,12-13H,3-5,11H2,1-2H3/p+1. The molecule has 5 N–H and O–H groups in total. The molecule has 0 amide bonds. The number of aliphatic hydroxyl groups excluding tert-OH is 2. The second-order valence-electron chi connectivity index (χ2n) is 4.12. The van der Waals surface area contributed by atoms with Gasteiger partial charge in [-0.2, -0.15) is 0 Å². The zero-order valence-electron chi connectivity index (χ0n) is 9.83. The van der Waals surface area contributed by atoms with Crippen molar-refractivity contribution in [2.24, 2.45) is 5.92 Å². The van der Waals surface area contributed by atoms with Gasteiger partial charge in [-0.3, -0.25) is 0 Å². The normalized spacial score (nSPS) is 39.9. The lowest BCUT2D eigenvalue weighted by Gasteiger charge is -2.40. The molecule has 1 aliphatic heterocycles. The van der Waals surface area contributed by atoms with E-state index in [2.05, 4.69) is 5.73 Å². The Morgan fingerprint density at radius 3 is 2.31 bits per heavy atom. The van der Waals surface area contributed by atoms with E-state index >= 15 is 0 Å². The van der Waals surface area contributed by atoms with Gasteiger partial charge in [-0.05, 0) is 0 Å². The van der Waals surface area contributed by atoms with Crippen LogP contribution in [0.5, 0.6) is 0 Å². The van der Waals surface area contributed by atoms with E-state index in [1.54, 1.807) is 14.2 Å². The molecule has 5 unspecified atom stereocenters. The van der Waals surface area contributed by atoms with Gasteiger partial charge in [0.05, 0.1) is 25.9 Å². The highest BCUT2D eigenvalue weighted by Gasteiger charge is 2.45. The summed E-state index contributed by atoms with van der Waals surface area (Å²) in [7, 11) is 3.12. The van der Waals surface area contributed by atoms with E-state index in [1.165, 1.54) is 0 Å². The number of quaternary nitrogens is 1. The van der Waals surface area contributed by atoms with Crippen molar-refractivity contribution in [1.29, 1.82) is 0 Å². The van der Waals surface area contributed by atoms with Gasteiger partial charge in [-0.1, -0.05) is 0 Å². The van der Waals surface area contributed by atoms with E-state index in [-0.39, 0.29) is 24.7 Å². The molecule has 0 saturated carbocycles. The average molecular weight is 236 g/mol. The van der Waals surface area contributed by atoms with Crippen LogP contribution in [-0.4, -0.2) is 68.6 Å². The third-order valence-corrected chi connectivity index (χ3v) is 3.05. The quantitative estimate of drug-likeness (QED) is 0.496. The lowest BCUT2D eigenvalue weighted by atomic mass is 9.86. The molecule has 1 rings (SSSR count). The third kappa shape index (κ3) is 2.91. The van der Waals surface area contributed by atoms with Gasteiger partial charge >= 0.3 is 0 Å². The van der Waals surface area contributed by atoms with Gasteiger partial charge in [-0.25, -0.2) is 0 Å². The highest BCUT2D eigenvalue weighted by atomic mass is 16.5. The molecule has 6 nitrogen and oxygen atoms in total. The second kappa shape index (κ2) is 6.48. The fraction of sp³-hybridized carbons (Fsp3) is 1.00. The topological polar surface area (TPSA) is 95.8 Å². The fourth-order valence-corrected chi connectivity index (χ4v) is 2.09.